The van der Waals surface area contributed by atoms with Crippen molar-refractivity contribution in [3.8, 4) is 5.69 Å². The number of carbonyl (C=O) groups is 2. The minimum Gasteiger partial charge on any atom is -0.394 e. The molecule has 0 aliphatic carbocycles. The van der Waals surface area contributed by atoms with Crippen LogP contribution >= 0.6 is 0 Å². The summed E-state index contributed by atoms with van der Waals surface area (Å²) < 4.78 is 1.25. The number of nitrogens with zero attached hydrogens (tertiary/aromatic N) is 3. The third-order valence-electron chi connectivity index (χ3n) is 7.23. The van der Waals surface area contributed by atoms with Crippen LogP contribution in [0.25, 0.3) is 16.5 Å². The molecule has 3 heterocycles. The Balaban J connectivity index is 1.42. The lowest BCUT2D eigenvalue weighted by Crippen LogP contribution is -2.40. The minimum atomic E-state index is -1.88. The van der Waals surface area contributed by atoms with Crippen molar-refractivity contribution in [2.45, 2.75) is 37.8 Å². The molecule has 0 bridgehead atoms. The second-order valence-corrected chi connectivity index (χ2v) is 9.39. The maximum atomic E-state index is 13.0. The second-order valence-electron chi connectivity index (χ2n) is 9.39. The Hall–Kier alpha value is -3.82. The standard InChI is InChI=1S/C27H28N4O5/c1-17(6-4-10-24(33)30-13-5-8-20(30)16-32)27(36)22-14-19(11-12-23(22)29-26(27)35)31-25(34)21-9-3-2-7-18(21)15-28-31/h2-4,6-7,9,11-12,14-15,17,20,32,36H,5,8,10,13,16H2,1H3,(H,29,35)/b6-4+/t17-,20-,27+/m0/s1. The van der Waals surface area contributed by atoms with Crippen molar-refractivity contribution < 1.29 is 19.8 Å². The van der Waals surface area contributed by atoms with Gasteiger partial charge in [-0.1, -0.05) is 37.3 Å². The number of hydrogen-bond acceptors (Lipinski definition) is 6. The molecule has 2 aliphatic rings. The summed E-state index contributed by atoms with van der Waals surface area (Å²) in [7, 11) is 0. The summed E-state index contributed by atoms with van der Waals surface area (Å²) in [6.45, 7) is 2.27. The van der Waals surface area contributed by atoms with Gasteiger partial charge in [0, 0.05) is 35.5 Å². The summed E-state index contributed by atoms with van der Waals surface area (Å²) >= 11 is 0. The van der Waals surface area contributed by atoms with E-state index in [9.17, 15) is 24.6 Å². The highest BCUT2D eigenvalue weighted by atomic mass is 16.3. The molecule has 1 aromatic heterocycles. The first kappa shape index (κ1) is 23.9. The van der Waals surface area contributed by atoms with Crippen molar-refractivity contribution in [2.75, 3.05) is 18.5 Å². The molecule has 3 aromatic rings. The maximum absolute atomic E-state index is 13.0. The molecule has 1 saturated heterocycles. The molecule has 2 aliphatic heterocycles. The molecule has 186 valence electrons. The van der Waals surface area contributed by atoms with E-state index < -0.39 is 17.4 Å². The Bertz CT molecular complexity index is 1430. The van der Waals surface area contributed by atoms with Crippen LogP contribution in [0.4, 0.5) is 5.69 Å². The SMILES string of the molecule is C[C@@H](/C=C/CC(=O)N1CCC[C@H]1CO)[C@]1(O)C(=O)Nc2ccc(-n3ncc4ccccc4c3=O)cc21. The van der Waals surface area contributed by atoms with E-state index in [4.69, 9.17) is 0 Å². The first-order chi connectivity index (χ1) is 17.3. The topological polar surface area (TPSA) is 125 Å². The van der Waals surface area contributed by atoms with Crippen LogP contribution in [0.1, 0.15) is 31.7 Å². The zero-order valence-corrected chi connectivity index (χ0v) is 19.9. The highest BCUT2D eigenvalue weighted by Crippen LogP contribution is 2.42. The van der Waals surface area contributed by atoms with Gasteiger partial charge in [-0.3, -0.25) is 14.4 Å². The van der Waals surface area contributed by atoms with E-state index in [1.165, 1.54) is 4.68 Å². The Morgan fingerprint density at radius 3 is 2.89 bits per heavy atom. The third kappa shape index (κ3) is 3.90. The van der Waals surface area contributed by atoms with Crippen molar-refractivity contribution in [2.24, 2.45) is 5.92 Å². The van der Waals surface area contributed by atoms with Gasteiger partial charge in [-0.2, -0.15) is 9.78 Å². The van der Waals surface area contributed by atoms with Gasteiger partial charge in [0.05, 0.1) is 29.9 Å². The van der Waals surface area contributed by atoms with Crippen LogP contribution in [0.2, 0.25) is 0 Å². The van der Waals surface area contributed by atoms with E-state index >= 15 is 0 Å². The Labute approximate surface area is 207 Å². The fourth-order valence-corrected chi connectivity index (χ4v) is 5.14. The Morgan fingerprint density at radius 2 is 2.08 bits per heavy atom. The summed E-state index contributed by atoms with van der Waals surface area (Å²) in [5, 5.41) is 29.2. The number of likely N-dealkylation sites (tertiary alicyclic amines) is 1. The van der Waals surface area contributed by atoms with Crippen LogP contribution < -0.4 is 10.9 Å². The average Bonchev–Trinajstić information content (AvgIpc) is 3.47. The molecule has 2 amide bonds. The minimum absolute atomic E-state index is 0.0555. The molecule has 9 heteroatoms. The van der Waals surface area contributed by atoms with Crippen molar-refractivity contribution in [3.05, 3.63) is 76.7 Å². The van der Waals surface area contributed by atoms with Gasteiger partial charge in [-0.05, 0) is 37.1 Å². The summed E-state index contributed by atoms with van der Waals surface area (Å²) in [6, 6.07) is 11.9. The average molecular weight is 489 g/mol. The van der Waals surface area contributed by atoms with Crippen LogP contribution in [0.15, 0.2) is 65.6 Å². The number of aliphatic hydroxyl groups is 2. The summed E-state index contributed by atoms with van der Waals surface area (Å²) in [6.07, 6.45) is 6.68. The fourth-order valence-electron chi connectivity index (χ4n) is 5.14. The predicted molar refractivity (Wildman–Crippen MR) is 135 cm³/mol. The Kier molecular flexibility index (Phi) is 6.19. The number of aromatic nitrogens is 2. The van der Waals surface area contributed by atoms with Gasteiger partial charge in [0.2, 0.25) is 5.91 Å². The molecular formula is C27H28N4O5. The van der Waals surface area contributed by atoms with Gasteiger partial charge in [-0.15, -0.1) is 0 Å². The number of benzene rings is 2. The second kappa shape index (κ2) is 9.33. The molecule has 9 nitrogen and oxygen atoms in total. The van der Waals surface area contributed by atoms with E-state index in [2.05, 4.69) is 10.4 Å². The summed E-state index contributed by atoms with van der Waals surface area (Å²) in [4.78, 5) is 40.2. The number of nitrogens with one attached hydrogen (secondary N) is 1. The smallest absolute Gasteiger partial charge is 0.279 e. The number of amides is 2. The lowest BCUT2D eigenvalue weighted by molar-refractivity contribution is -0.137. The Morgan fingerprint density at radius 1 is 1.28 bits per heavy atom. The third-order valence-corrected chi connectivity index (χ3v) is 7.23. The molecule has 0 radical (unpaired) electrons. The number of aliphatic hydroxyl groups excluding tert-OH is 1. The largest absolute Gasteiger partial charge is 0.394 e. The highest BCUT2D eigenvalue weighted by Gasteiger charge is 2.48. The monoisotopic (exact) mass is 488 g/mol. The molecule has 0 unspecified atom stereocenters. The fraction of sp³-hybridized carbons (Fsp3) is 0.333. The normalized spacial score (nSPS) is 22.2. The zero-order valence-electron chi connectivity index (χ0n) is 19.9. The number of carbonyl (C=O) groups excluding carboxylic acids is 2. The summed E-state index contributed by atoms with van der Waals surface area (Å²) in [5.41, 5.74) is -0.958. The van der Waals surface area contributed by atoms with Gasteiger partial charge < -0.3 is 20.4 Å². The molecule has 3 atom stereocenters. The lowest BCUT2D eigenvalue weighted by atomic mass is 9.82. The van der Waals surface area contributed by atoms with Crippen molar-refractivity contribution in [1.82, 2.24) is 14.7 Å². The van der Waals surface area contributed by atoms with Gasteiger partial charge in [0.1, 0.15) is 0 Å². The van der Waals surface area contributed by atoms with Crippen LogP contribution in [-0.4, -0.2) is 55.9 Å². The zero-order chi connectivity index (χ0) is 25.4. The van der Waals surface area contributed by atoms with Crippen molar-refractivity contribution >= 4 is 28.3 Å². The van der Waals surface area contributed by atoms with Crippen LogP contribution in [0, 0.1) is 5.92 Å². The number of hydrogen-bond donors (Lipinski definition) is 3. The van der Waals surface area contributed by atoms with Crippen molar-refractivity contribution in [3.63, 3.8) is 0 Å². The molecule has 0 saturated carbocycles. The van der Waals surface area contributed by atoms with E-state index in [0.717, 1.165) is 18.2 Å². The highest BCUT2D eigenvalue weighted by molar-refractivity contribution is 6.05. The first-order valence-electron chi connectivity index (χ1n) is 12.1. The van der Waals surface area contributed by atoms with Crippen LogP contribution in [0.5, 0.6) is 0 Å². The maximum Gasteiger partial charge on any atom is 0.279 e. The molecule has 0 spiro atoms. The molecule has 5 rings (SSSR count). The van der Waals surface area contributed by atoms with Gasteiger partial charge in [0.15, 0.2) is 5.60 Å². The molecule has 3 N–H and O–H groups in total. The van der Waals surface area contributed by atoms with E-state index in [1.807, 2.05) is 12.1 Å². The van der Waals surface area contributed by atoms with Gasteiger partial charge >= 0.3 is 0 Å². The predicted octanol–water partition coefficient (Wildman–Crippen LogP) is 2.09. The molecule has 2 aromatic carbocycles. The summed E-state index contributed by atoms with van der Waals surface area (Å²) in [5.74, 6) is -1.32. The molecule has 36 heavy (non-hydrogen) atoms. The number of rotatable bonds is 6. The first-order valence-corrected chi connectivity index (χ1v) is 12.1. The van der Waals surface area contributed by atoms with E-state index in [1.54, 1.807) is 60.5 Å². The number of anilines is 1. The van der Waals surface area contributed by atoms with Crippen molar-refractivity contribution in [1.29, 1.82) is 0 Å². The van der Waals surface area contributed by atoms with Gasteiger partial charge in [-0.25, -0.2) is 0 Å². The van der Waals surface area contributed by atoms with E-state index in [-0.39, 0.29) is 30.5 Å². The van der Waals surface area contributed by atoms with Crippen LogP contribution in [0.3, 0.4) is 0 Å². The van der Waals surface area contributed by atoms with E-state index in [0.29, 0.717) is 28.9 Å². The van der Waals surface area contributed by atoms with Gasteiger partial charge in [0.25, 0.3) is 11.5 Å². The lowest BCUT2D eigenvalue weighted by Gasteiger charge is -2.26. The molecular weight excluding hydrogens is 460 g/mol. The molecule has 1 fully saturated rings. The number of fused-ring (bicyclic) bond motifs is 2. The quantitative estimate of drug-likeness (QED) is 0.457. The van der Waals surface area contributed by atoms with Crippen LogP contribution in [-0.2, 0) is 15.2 Å².